The van der Waals surface area contributed by atoms with Gasteiger partial charge < -0.3 is 15.3 Å². The average molecular weight is 585 g/mol. The fourth-order valence-electron chi connectivity index (χ4n) is 5.66. The van der Waals surface area contributed by atoms with Crippen LogP contribution in [0.4, 0.5) is 0 Å². The molecule has 0 spiro atoms. The van der Waals surface area contributed by atoms with E-state index in [1.807, 2.05) is 0 Å². The van der Waals surface area contributed by atoms with Crippen LogP contribution in [0.15, 0.2) is 45.6 Å². The van der Waals surface area contributed by atoms with Crippen molar-refractivity contribution in [3.05, 3.63) is 45.6 Å². The minimum atomic E-state index is -0.956. The van der Waals surface area contributed by atoms with E-state index in [4.69, 9.17) is 0 Å². The molecule has 42 heavy (non-hydrogen) atoms. The van der Waals surface area contributed by atoms with Crippen molar-refractivity contribution >= 4 is 23.1 Å². The van der Waals surface area contributed by atoms with Crippen LogP contribution in [0.1, 0.15) is 149 Å². The van der Waals surface area contributed by atoms with Crippen LogP contribution in [0, 0.1) is 0 Å². The van der Waals surface area contributed by atoms with E-state index < -0.39 is 52.4 Å². The quantitative estimate of drug-likeness (QED) is 0.0856. The summed E-state index contributed by atoms with van der Waals surface area (Å²) in [6, 6.07) is 0. The maximum Gasteiger partial charge on any atom is 0.227 e. The summed E-state index contributed by atoms with van der Waals surface area (Å²) in [5.41, 5.74) is -0.739. The van der Waals surface area contributed by atoms with Gasteiger partial charge in [-0.1, -0.05) is 117 Å². The van der Waals surface area contributed by atoms with Crippen molar-refractivity contribution in [2.75, 3.05) is 0 Å². The minimum Gasteiger partial charge on any atom is -0.504 e. The first-order valence-corrected chi connectivity index (χ1v) is 16.4. The molecule has 0 radical (unpaired) electrons. The Balaban J connectivity index is 1.88. The number of hydrogen-bond donors (Lipinski definition) is 3. The first kappa shape index (κ1) is 35.2. The van der Waals surface area contributed by atoms with Crippen molar-refractivity contribution in [2.24, 2.45) is 0 Å². The van der Waals surface area contributed by atoms with Crippen molar-refractivity contribution in [1.82, 2.24) is 0 Å². The Labute approximate surface area is 251 Å². The SMILES string of the molecule is CCCCCCCCCCCC1=CC(=O)C(CC2=C(O)C(=O)C(CCCCCCCCCCC)=C(O)C2=O)=C(O)C1=O. The Kier molecular flexibility index (Phi) is 16.2. The van der Waals surface area contributed by atoms with Gasteiger partial charge in [-0.05, 0) is 31.8 Å². The topological polar surface area (TPSA) is 129 Å². The minimum absolute atomic E-state index is 0.128. The van der Waals surface area contributed by atoms with Crippen molar-refractivity contribution in [3.8, 4) is 0 Å². The van der Waals surface area contributed by atoms with Gasteiger partial charge in [-0.25, -0.2) is 0 Å². The molecule has 0 amide bonds. The molecule has 2 aliphatic rings. The first-order chi connectivity index (χ1) is 20.2. The maximum atomic E-state index is 12.9. The van der Waals surface area contributed by atoms with Crippen LogP contribution >= 0.6 is 0 Å². The monoisotopic (exact) mass is 584 g/mol. The molecule has 2 rings (SSSR count). The van der Waals surface area contributed by atoms with E-state index in [0.717, 1.165) is 51.4 Å². The number of hydrogen-bond acceptors (Lipinski definition) is 7. The second-order valence-electron chi connectivity index (χ2n) is 11.8. The molecule has 0 saturated heterocycles. The normalized spacial score (nSPS) is 16.3. The van der Waals surface area contributed by atoms with Crippen molar-refractivity contribution in [2.45, 2.75) is 149 Å². The van der Waals surface area contributed by atoms with E-state index in [-0.39, 0.29) is 23.1 Å². The van der Waals surface area contributed by atoms with Gasteiger partial charge in [0.2, 0.25) is 17.3 Å². The van der Waals surface area contributed by atoms with Crippen molar-refractivity contribution in [3.63, 3.8) is 0 Å². The summed E-state index contributed by atoms with van der Waals surface area (Å²) in [6.45, 7) is 4.37. The van der Waals surface area contributed by atoms with Crippen LogP contribution < -0.4 is 0 Å². The molecule has 0 heterocycles. The molecular weight excluding hydrogens is 532 g/mol. The molecule has 7 nitrogen and oxygen atoms in total. The summed E-state index contributed by atoms with van der Waals surface area (Å²) in [5.74, 6) is -5.46. The summed E-state index contributed by atoms with van der Waals surface area (Å²) < 4.78 is 0. The summed E-state index contributed by atoms with van der Waals surface area (Å²) in [5, 5.41) is 31.6. The van der Waals surface area contributed by atoms with Crippen LogP contribution in [0.3, 0.4) is 0 Å². The third-order valence-electron chi connectivity index (χ3n) is 8.38. The first-order valence-electron chi connectivity index (χ1n) is 16.4. The molecule has 234 valence electrons. The molecule has 0 aromatic heterocycles. The largest absolute Gasteiger partial charge is 0.504 e. The number of unbranched alkanes of at least 4 members (excludes halogenated alkanes) is 16. The Hall–Kier alpha value is -2.96. The van der Waals surface area contributed by atoms with Crippen LogP contribution in [0.5, 0.6) is 0 Å². The van der Waals surface area contributed by atoms with Gasteiger partial charge in [-0.15, -0.1) is 0 Å². The van der Waals surface area contributed by atoms with Crippen LogP contribution in [-0.4, -0.2) is 38.5 Å². The lowest BCUT2D eigenvalue weighted by Gasteiger charge is -2.20. The van der Waals surface area contributed by atoms with Crippen LogP contribution in [-0.2, 0) is 19.2 Å². The Morgan fingerprint density at radius 3 is 1.33 bits per heavy atom. The predicted octanol–water partition coefficient (Wildman–Crippen LogP) is 8.88. The van der Waals surface area contributed by atoms with E-state index in [0.29, 0.717) is 12.8 Å². The number of carbonyl (C=O) groups is 4. The molecule has 2 aliphatic carbocycles. The molecule has 0 atom stereocenters. The van der Waals surface area contributed by atoms with Crippen LogP contribution in [0.2, 0.25) is 0 Å². The zero-order chi connectivity index (χ0) is 30.9. The van der Waals surface area contributed by atoms with Gasteiger partial charge in [0.1, 0.15) is 0 Å². The highest BCUT2D eigenvalue weighted by atomic mass is 16.3. The molecule has 0 aromatic carbocycles. The maximum absolute atomic E-state index is 12.9. The number of aliphatic hydroxyl groups excluding tert-OH is 3. The lowest BCUT2D eigenvalue weighted by molar-refractivity contribution is -0.120. The zero-order valence-corrected chi connectivity index (χ0v) is 25.9. The molecule has 3 N–H and O–H groups in total. The zero-order valence-electron chi connectivity index (χ0n) is 25.9. The highest BCUT2D eigenvalue weighted by Crippen LogP contribution is 2.32. The van der Waals surface area contributed by atoms with E-state index in [2.05, 4.69) is 13.8 Å². The molecule has 0 fully saturated rings. The molecule has 0 bridgehead atoms. The van der Waals surface area contributed by atoms with E-state index in [1.54, 1.807) is 0 Å². The van der Waals surface area contributed by atoms with E-state index in [1.165, 1.54) is 63.9 Å². The van der Waals surface area contributed by atoms with Crippen molar-refractivity contribution < 1.29 is 34.5 Å². The summed E-state index contributed by atoms with van der Waals surface area (Å²) in [4.78, 5) is 51.3. The van der Waals surface area contributed by atoms with Gasteiger partial charge in [0.25, 0.3) is 0 Å². The smallest absolute Gasteiger partial charge is 0.227 e. The fraction of sp³-hybridized carbons (Fsp3) is 0.657. The molecule has 0 saturated carbocycles. The van der Waals surface area contributed by atoms with Gasteiger partial charge in [-0.3, -0.25) is 19.2 Å². The third kappa shape index (κ3) is 10.7. The number of carbonyl (C=O) groups excluding carboxylic acids is 4. The second kappa shape index (κ2) is 19.3. The van der Waals surface area contributed by atoms with Crippen molar-refractivity contribution in [1.29, 1.82) is 0 Å². The Morgan fingerprint density at radius 1 is 0.452 bits per heavy atom. The van der Waals surface area contributed by atoms with Crippen LogP contribution in [0.25, 0.3) is 0 Å². The highest BCUT2D eigenvalue weighted by molar-refractivity contribution is 6.25. The molecule has 0 aromatic rings. The molecule has 0 unspecified atom stereocenters. The second-order valence-corrected chi connectivity index (χ2v) is 11.8. The molecular formula is C35H52O7. The number of ketones is 4. The standard InChI is InChI=1S/C35H52O7/c1-3-5-7-9-11-13-15-17-19-21-25-23-29(36)27(33(40)30(25)37)24-28-34(41)31(38)26(32(39)35(28)42)22-20-18-16-14-12-10-8-6-4-2/h23,38,40,42H,3-22,24H2,1-2H3. The fourth-order valence-corrected chi connectivity index (χ4v) is 5.66. The van der Waals surface area contributed by atoms with Gasteiger partial charge in [0.15, 0.2) is 23.1 Å². The summed E-state index contributed by atoms with van der Waals surface area (Å²) >= 11 is 0. The van der Waals surface area contributed by atoms with Gasteiger partial charge >= 0.3 is 0 Å². The Bertz CT molecular complexity index is 1090. The molecule has 7 heteroatoms. The predicted molar refractivity (Wildman–Crippen MR) is 165 cm³/mol. The van der Waals surface area contributed by atoms with Gasteiger partial charge in [-0.2, -0.15) is 0 Å². The Morgan fingerprint density at radius 2 is 0.833 bits per heavy atom. The lowest BCUT2D eigenvalue weighted by atomic mass is 9.84. The number of allylic oxidation sites excluding steroid dienone is 5. The van der Waals surface area contributed by atoms with Gasteiger partial charge in [0, 0.05) is 23.1 Å². The number of aliphatic hydroxyl groups is 3. The third-order valence-corrected chi connectivity index (χ3v) is 8.38. The van der Waals surface area contributed by atoms with Gasteiger partial charge in [0.05, 0.1) is 5.57 Å². The summed E-state index contributed by atoms with van der Waals surface area (Å²) in [6.07, 6.45) is 20.7. The highest BCUT2D eigenvalue weighted by Gasteiger charge is 2.37. The summed E-state index contributed by atoms with van der Waals surface area (Å²) in [7, 11) is 0. The van der Waals surface area contributed by atoms with E-state index in [9.17, 15) is 34.5 Å². The average Bonchev–Trinajstić information content (AvgIpc) is 2.98. The number of rotatable bonds is 22. The van der Waals surface area contributed by atoms with E-state index >= 15 is 0 Å². The number of Topliss-reactive ketones (excluding diaryl/α,β-unsaturated/α-hetero) is 3. The molecule has 0 aliphatic heterocycles. The lowest BCUT2D eigenvalue weighted by Crippen LogP contribution is -2.27.